The fourth-order valence-electron chi connectivity index (χ4n) is 2.08. The quantitative estimate of drug-likeness (QED) is 0.669. The molecule has 1 fully saturated rings. The number of carbonyl (C=O) groups excluding carboxylic acids is 1. The highest BCUT2D eigenvalue weighted by Gasteiger charge is 2.38. The summed E-state index contributed by atoms with van der Waals surface area (Å²) in [6.45, 7) is 0. The minimum Gasteiger partial charge on any atom is -0.345 e. The molecule has 0 saturated heterocycles. The Labute approximate surface area is 118 Å². The van der Waals surface area contributed by atoms with Crippen LogP contribution in [0.3, 0.4) is 0 Å². The summed E-state index contributed by atoms with van der Waals surface area (Å²) in [4.78, 5) is 11.9. The number of benzene rings is 1. The monoisotopic (exact) mass is 309 g/mol. The van der Waals surface area contributed by atoms with Crippen molar-refractivity contribution in [3.8, 4) is 0 Å². The van der Waals surface area contributed by atoms with E-state index in [4.69, 9.17) is 11.6 Å². The van der Waals surface area contributed by atoms with Crippen LogP contribution in [-0.2, 0) is 6.18 Å². The highest BCUT2D eigenvalue weighted by Crippen LogP contribution is 2.34. The number of nitrogens with one attached hydrogen (secondary N) is 1. The molecule has 1 N–H and O–H groups in total. The lowest BCUT2D eigenvalue weighted by atomic mass is 9.78. The van der Waals surface area contributed by atoms with Gasteiger partial charge in [0.1, 0.15) is 5.82 Å². The van der Waals surface area contributed by atoms with Crippen LogP contribution in [0.2, 0.25) is 0 Å². The van der Waals surface area contributed by atoms with Crippen molar-refractivity contribution in [1.82, 2.24) is 5.32 Å². The van der Waals surface area contributed by atoms with Crippen LogP contribution in [-0.4, -0.2) is 17.3 Å². The summed E-state index contributed by atoms with van der Waals surface area (Å²) in [5.41, 5.74) is -2.30. The molecule has 2 rings (SSSR count). The third kappa shape index (κ3) is 2.90. The molecule has 1 aromatic rings. The molecule has 0 spiro atoms. The summed E-state index contributed by atoms with van der Waals surface area (Å²) in [5, 5.41) is 2.54. The fraction of sp³-hybridized carbons (Fsp3) is 0.462. The average Bonchev–Trinajstić information content (AvgIpc) is 2.32. The van der Waals surface area contributed by atoms with Gasteiger partial charge in [-0.05, 0) is 37.5 Å². The second-order valence-corrected chi connectivity index (χ2v) is 5.18. The van der Waals surface area contributed by atoms with Crippen LogP contribution < -0.4 is 5.32 Å². The van der Waals surface area contributed by atoms with E-state index in [1.165, 1.54) is 0 Å². The Hall–Kier alpha value is -1.30. The van der Waals surface area contributed by atoms with Gasteiger partial charge in [0.25, 0.3) is 5.91 Å². The average molecular weight is 310 g/mol. The summed E-state index contributed by atoms with van der Waals surface area (Å²) >= 11 is 5.75. The normalized spacial score (nSPS) is 17.4. The maximum atomic E-state index is 13.5. The Balaban J connectivity index is 2.25. The van der Waals surface area contributed by atoms with Crippen LogP contribution in [0.5, 0.6) is 0 Å². The zero-order valence-corrected chi connectivity index (χ0v) is 11.1. The fourth-order valence-corrected chi connectivity index (χ4v) is 2.41. The third-order valence-corrected chi connectivity index (χ3v) is 4.00. The van der Waals surface area contributed by atoms with Crippen molar-refractivity contribution in [2.24, 2.45) is 0 Å². The first-order chi connectivity index (χ1) is 9.27. The zero-order valence-electron chi connectivity index (χ0n) is 10.4. The Morgan fingerprint density at radius 1 is 1.35 bits per heavy atom. The highest BCUT2D eigenvalue weighted by molar-refractivity contribution is 6.19. The minimum absolute atomic E-state index is 0.152. The Bertz CT molecular complexity index is 520. The topological polar surface area (TPSA) is 29.1 Å². The minimum atomic E-state index is -4.62. The SMILES string of the molecule is O=C(NC1(CCl)CCC1)c1cc(C(F)(F)F)ccc1F. The van der Waals surface area contributed by atoms with Crippen LogP contribution in [0.1, 0.15) is 35.2 Å². The van der Waals surface area contributed by atoms with Crippen molar-refractivity contribution in [1.29, 1.82) is 0 Å². The smallest absolute Gasteiger partial charge is 0.345 e. The summed E-state index contributed by atoms with van der Waals surface area (Å²) in [6.07, 6.45) is -2.47. The van der Waals surface area contributed by atoms with E-state index in [1.54, 1.807) is 0 Å². The number of hydrogen-bond donors (Lipinski definition) is 1. The number of amides is 1. The summed E-state index contributed by atoms with van der Waals surface area (Å²) < 4.78 is 51.3. The molecule has 0 aliphatic heterocycles. The number of alkyl halides is 4. The van der Waals surface area contributed by atoms with Gasteiger partial charge in [0, 0.05) is 5.88 Å². The largest absolute Gasteiger partial charge is 0.416 e. The van der Waals surface area contributed by atoms with E-state index in [2.05, 4.69) is 5.32 Å². The maximum absolute atomic E-state index is 13.5. The molecule has 1 saturated carbocycles. The van der Waals surface area contributed by atoms with E-state index in [0.717, 1.165) is 6.42 Å². The van der Waals surface area contributed by atoms with Gasteiger partial charge in [0.05, 0.1) is 16.7 Å². The highest BCUT2D eigenvalue weighted by atomic mass is 35.5. The van der Waals surface area contributed by atoms with Gasteiger partial charge in [0.15, 0.2) is 0 Å². The van der Waals surface area contributed by atoms with Gasteiger partial charge in [-0.1, -0.05) is 0 Å². The Kier molecular flexibility index (Phi) is 3.95. The molecule has 0 aromatic heterocycles. The molecule has 0 atom stereocenters. The van der Waals surface area contributed by atoms with Crippen molar-refractivity contribution >= 4 is 17.5 Å². The number of hydrogen-bond acceptors (Lipinski definition) is 1. The lowest BCUT2D eigenvalue weighted by molar-refractivity contribution is -0.137. The predicted octanol–water partition coefficient (Wildman–Crippen LogP) is 3.74. The zero-order chi connectivity index (χ0) is 15.0. The van der Waals surface area contributed by atoms with Crippen molar-refractivity contribution in [3.05, 3.63) is 35.1 Å². The second-order valence-electron chi connectivity index (χ2n) is 4.91. The molecule has 7 heteroatoms. The van der Waals surface area contributed by atoms with E-state index < -0.39 is 34.6 Å². The van der Waals surface area contributed by atoms with Gasteiger partial charge in [-0.2, -0.15) is 13.2 Å². The van der Waals surface area contributed by atoms with E-state index >= 15 is 0 Å². The molecule has 1 amide bonds. The van der Waals surface area contributed by atoms with Crippen LogP contribution in [0, 0.1) is 5.82 Å². The lowest BCUT2D eigenvalue weighted by Crippen LogP contribution is -2.55. The first-order valence-corrected chi connectivity index (χ1v) is 6.56. The van der Waals surface area contributed by atoms with Crippen LogP contribution in [0.4, 0.5) is 17.6 Å². The number of carbonyl (C=O) groups is 1. The van der Waals surface area contributed by atoms with E-state index in [0.29, 0.717) is 31.0 Å². The van der Waals surface area contributed by atoms with Crippen molar-refractivity contribution in [3.63, 3.8) is 0 Å². The van der Waals surface area contributed by atoms with E-state index in [-0.39, 0.29) is 5.88 Å². The van der Waals surface area contributed by atoms with Crippen molar-refractivity contribution < 1.29 is 22.4 Å². The van der Waals surface area contributed by atoms with E-state index in [9.17, 15) is 22.4 Å². The maximum Gasteiger partial charge on any atom is 0.416 e. The molecular formula is C13H12ClF4NO. The molecule has 20 heavy (non-hydrogen) atoms. The molecule has 2 nitrogen and oxygen atoms in total. The molecule has 0 bridgehead atoms. The lowest BCUT2D eigenvalue weighted by Gasteiger charge is -2.41. The molecular weight excluding hydrogens is 298 g/mol. The van der Waals surface area contributed by atoms with E-state index in [1.807, 2.05) is 0 Å². The summed E-state index contributed by atoms with van der Waals surface area (Å²) in [5.74, 6) is -1.70. The summed E-state index contributed by atoms with van der Waals surface area (Å²) in [7, 11) is 0. The second kappa shape index (κ2) is 5.24. The Morgan fingerprint density at radius 2 is 2.00 bits per heavy atom. The standard InChI is InChI=1S/C13H12ClF4NO/c14-7-12(4-1-5-12)19-11(20)9-6-8(13(16,17)18)2-3-10(9)15/h2-3,6H,1,4-5,7H2,(H,19,20). The number of halogens is 5. The van der Waals surface area contributed by atoms with Crippen LogP contribution >= 0.6 is 11.6 Å². The molecule has 0 radical (unpaired) electrons. The third-order valence-electron chi connectivity index (χ3n) is 3.48. The Morgan fingerprint density at radius 3 is 2.45 bits per heavy atom. The molecule has 110 valence electrons. The van der Waals surface area contributed by atoms with Gasteiger partial charge in [-0.3, -0.25) is 4.79 Å². The van der Waals surface area contributed by atoms with Crippen molar-refractivity contribution in [2.45, 2.75) is 31.0 Å². The van der Waals surface area contributed by atoms with Gasteiger partial charge in [0.2, 0.25) is 0 Å². The molecule has 0 unspecified atom stereocenters. The van der Waals surface area contributed by atoms with Crippen LogP contribution in [0.15, 0.2) is 18.2 Å². The van der Waals surface area contributed by atoms with Crippen molar-refractivity contribution in [2.75, 3.05) is 5.88 Å². The van der Waals surface area contributed by atoms with Gasteiger partial charge in [-0.15, -0.1) is 11.6 Å². The van der Waals surface area contributed by atoms with Gasteiger partial charge < -0.3 is 5.32 Å². The predicted molar refractivity (Wildman–Crippen MR) is 66.2 cm³/mol. The molecule has 0 heterocycles. The molecule has 1 aliphatic rings. The molecule has 1 aliphatic carbocycles. The first kappa shape index (κ1) is 15.1. The summed E-state index contributed by atoms with van der Waals surface area (Å²) in [6, 6.07) is 1.77. The first-order valence-electron chi connectivity index (χ1n) is 6.03. The van der Waals surface area contributed by atoms with Gasteiger partial charge in [-0.25, -0.2) is 4.39 Å². The molecule has 1 aromatic carbocycles. The van der Waals surface area contributed by atoms with Crippen LogP contribution in [0.25, 0.3) is 0 Å². The number of rotatable bonds is 3. The van der Waals surface area contributed by atoms with Gasteiger partial charge >= 0.3 is 6.18 Å².